The molecule has 0 bridgehead atoms. The zero-order valence-corrected chi connectivity index (χ0v) is 16.8. The summed E-state index contributed by atoms with van der Waals surface area (Å²) in [6.45, 7) is 9.77. The van der Waals surface area contributed by atoms with Gasteiger partial charge in [0, 0.05) is 45.0 Å². The summed E-state index contributed by atoms with van der Waals surface area (Å²) in [4.78, 5) is 23.9. The van der Waals surface area contributed by atoms with E-state index >= 15 is 0 Å². The smallest absolute Gasteiger partial charge is 0.255 e. The van der Waals surface area contributed by atoms with Gasteiger partial charge in [-0.05, 0) is 44.5 Å². The van der Waals surface area contributed by atoms with Gasteiger partial charge in [-0.25, -0.2) is 4.98 Å². The maximum Gasteiger partial charge on any atom is 0.255 e. The first-order chi connectivity index (χ1) is 13.0. The van der Waals surface area contributed by atoms with Crippen molar-refractivity contribution in [2.24, 2.45) is 0 Å². The second kappa shape index (κ2) is 8.57. The quantitative estimate of drug-likeness (QED) is 0.781. The van der Waals surface area contributed by atoms with Crippen molar-refractivity contribution in [2.75, 3.05) is 31.6 Å². The van der Waals surface area contributed by atoms with E-state index in [1.807, 2.05) is 41.1 Å². The van der Waals surface area contributed by atoms with Crippen molar-refractivity contribution < 1.29 is 9.21 Å². The van der Waals surface area contributed by atoms with Gasteiger partial charge >= 0.3 is 0 Å². The van der Waals surface area contributed by atoms with E-state index in [9.17, 15) is 4.79 Å². The summed E-state index contributed by atoms with van der Waals surface area (Å²) in [5.41, 5.74) is 0.651. The third-order valence-corrected chi connectivity index (χ3v) is 5.31. The van der Waals surface area contributed by atoms with Crippen LogP contribution in [0.3, 0.4) is 0 Å². The highest BCUT2D eigenvalue weighted by molar-refractivity contribution is 5.94. The van der Waals surface area contributed by atoms with E-state index in [1.165, 1.54) is 0 Å². The molecule has 0 unspecified atom stereocenters. The molecule has 0 radical (unpaired) electrons. The predicted molar refractivity (Wildman–Crippen MR) is 107 cm³/mol. The van der Waals surface area contributed by atoms with Crippen LogP contribution < -0.4 is 4.90 Å². The Morgan fingerprint density at radius 3 is 2.74 bits per heavy atom. The number of carbonyl (C=O) groups excluding carboxylic acids is 1. The summed E-state index contributed by atoms with van der Waals surface area (Å²) in [6, 6.07) is 8.53. The van der Waals surface area contributed by atoms with Gasteiger partial charge in [-0.2, -0.15) is 0 Å². The molecule has 1 fully saturated rings. The molecule has 0 N–H and O–H groups in total. The van der Waals surface area contributed by atoms with Crippen LogP contribution in [0.15, 0.2) is 41.1 Å². The van der Waals surface area contributed by atoms with Gasteiger partial charge in [0.15, 0.2) is 0 Å². The van der Waals surface area contributed by atoms with Gasteiger partial charge in [-0.15, -0.1) is 0 Å². The van der Waals surface area contributed by atoms with Crippen molar-refractivity contribution >= 4 is 11.7 Å². The lowest BCUT2D eigenvalue weighted by Gasteiger charge is -2.43. The van der Waals surface area contributed by atoms with Gasteiger partial charge in [-0.1, -0.05) is 6.92 Å². The third-order valence-electron chi connectivity index (χ3n) is 5.31. The number of nitrogens with zero attached hydrogens (tertiary/aromatic N) is 4. The fourth-order valence-electron chi connectivity index (χ4n) is 3.74. The average Bonchev–Trinajstić information content (AvgIpc) is 3.19. The van der Waals surface area contributed by atoms with Crippen LogP contribution in [0, 0.1) is 0 Å². The highest BCUT2D eigenvalue weighted by Gasteiger charge is 2.30. The minimum Gasteiger partial charge on any atom is -0.467 e. The van der Waals surface area contributed by atoms with E-state index in [-0.39, 0.29) is 5.91 Å². The van der Waals surface area contributed by atoms with E-state index in [2.05, 4.69) is 30.7 Å². The van der Waals surface area contributed by atoms with E-state index in [1.54, 1.807) is 12.5 Å². The molecule has 0 aromatic carbocycles. The lowest BCUT2D eigenvalue weighted by Crippen LogP contribution is -2.56. The number of hydrogen-bond acceptors (Lipinski definition) is 5. The van der Waals surface area contributed by atoms with Crippen LogP contribution in [-0.4, -0.2) is 59.5 Å². The van der Waals surface area contributed by atoms with E-state index in [4.69, 9.17) is 4.42 Å². The number of rotatable bonds is 6. The zero-order chi connectivity index (χ0) is 19.4. The molecular formula is C21H30N4O2. The first-order valence-electron chi connectivity index (χ1n) is 9.74. The van der Waals surface area contributed by atoms with Crippen molar-refractivity contribution in [3.8, 4) is 0 Å². The summed E-state index contributed by atoms with van der Waals surface area (Å²) >= 11 is 0. The number of amides is 1. The Morgan fingerprint density at radius 2 is 2.15 bits per heavy atom. The van der Waals surface area contributed by atoms with Crippen LogP contribution in [0.25, 0.3) is 0 Å². The number of carbonyl (C=O) groups is 1. The molecule has 0 spiro atoms. The Morgan fingerprint density at radius 1 is 1.33 bits per heavy atom. The molecule has 0 saturated carbocycles. The van der Waals surface area contributed by atoms with Crippen molar-refractivity contribution in [1.29, 1.82) is 0 Å². The Kier molecular flexibility index (Phi) is 6.16. The van der Waals surface area contributed by atoms with Gasteiger partial charge in [-0.3, -0.25) is 9.69 Å². The lowest BCUT2D eigenvalue weighted by atomic mass is 10.1. The van der Waals surface area contributed by atoms with Gasteiger partial charge in [0.1, 0.15) is 11.6 Å². The number of hydrogen-bond donors (Lipinski definition) is 0. The molecular weight excluding hydrogens is 340 g/mol. The Balaban J connectivity index is 1.63. The van der Waals surface area contributed by atoms with Crippen LogP contribution in [0.5, 0.6) is 0 Å². The lowest BCUT2D eigenvalue weighted by molar-refractivity contribution is 0.0371. The second-order valence-corrected chi connectivity index (χ2v) is 7.49. The number of piperazine rings is 1. The van der Waals surface area contributed by atoms with Crippen molar-refractivity contribution in [3.63, 3.8) is 0 Å². The van der Waals surface area contributed by atoms with Gasteiger partial charge < -0.3 is 14.2 Å². The minimum absolute atomic E-state index is 0.0737. The molecule has 146 valence electrons. The average molecular weight is 370 g/mol. The van der Waals surface area contributed by atoms with E-state index in [0.29, 0.717) is 24.2 Å². The Bertz CT molecular complexity index is 727. The third kappa shape index (κ3) is 4.50. The molecule has 3 rings (SSSR count). The summed E-state index contributed by atoms with van der Waals surface area (Å²) in [5.74, 6) is 1.77. The molecule has 2 aromatic heterocycles. The number of furan rings is 1. The first-order valence-corrected chi connectivity index (χ1v) is 9.74. The summed E-state index contributed by atoms with van der Waals surface area (Å²) in [6.07, 6.45) is 4.41. The molecule has 3 heterocycles. The van der Waals surface area contributed by atoms with Crippen molar-refractivity contribution in [1.82, 2.24) is 14.8 Å². The fourth-order valence-corrected chi connectivity index (χ4v) is 3.74. The topological polar surface area (TPSA) is 52.8 Å². The van der Waals surface area contributed by atoms with Crippen molar-refractivity contribution in [3.05, 3.63) is 48.0 Å². The molecule has 6 heteroatoms. The molecule has 1 atom stereocenters. The minimum atomic E-state index is 0.0737. The van der Waals surface area contributed by atoms with Crippen LogP contribution in [0.2, 0.25) is 0 Å². The van der Waals surface area contributed by atoms with E-state index < -0.39 is 0 Å². The molecule has 27 heavy (non-hydrogen) atoms. The van der Waals surface area contributed by atoms with Crippen LogP contribution in [-0.2, 0) is 6.54 Å². The number of pyridine rings is 1. The molecule has 1 saturated heterocycles. The van der Waals surface area contributed by atoms with Gasteiger partial charge in [0.05, 0.1) is 18.4 Å². The summed E-state index contributed by atoms with van der Waals surface area (Å²) in [7, 11) is 1.96. The molecule has 2 aromatic rings. The maximum atomic E-state index is 12.9. The maximum absolute atomic E-state index is 12.9. The highest BCUT2D eigenvalue weighted by atomic mass is 16.3. The molecule has 1 aliphatic rings. The summed E-state index contributed by atoms with van der Waals surface area (Å²) < 4.78 is 5.38. The number of aromatic nitrogens is 1. The molecule has 1 amide bonds. The van der Waals surface area contributed by atoms with E-state index in [0.717, 1.165) is 37.6 Å². The monoisotopic (exact) mass is 370 g/mol. The number of anilines is 1. The zero-order valence-electron chi connectivity index (χ0n) is 16.8. The largest absolute Gasteiger partial charge is 0.467 e. The van der Waals surface area contributed by atoms with Crippen LogP contribution in [0.1, 0.15) is 43.3 Å². The standard InChI is InChI=1S/C21H30N4O2/c1-5-18-14-24(10-11-25(18)16(2)3)21(26)17-8-9-20(22-13-17)23(4)15-19-7-6-12-27-19/h6-9,12-13,16,18H,5,10-11,14-15H2,1-4H3/t18-/m0/s1. The SMILES string of the molecule is CC[C@H]1CN(C(=O)c2ccc(N(C)Cc3ccco3)nc2)CCN1C(C)C. The van der Waals surface area contributed by atoms with Crippen molar-refractivity contribution in [2.45, 2.75) is 45.8 Å². The normalized spacial score (nSPS) is 18.1. The Hall–Kier alpha value is -2.34. The molecule has 6 nitrogen and oxygen atoms in total. The molecule has 1 aliphatic heterocycles. The first kappa shape index (κ1) is 19.4. The summed E-state index contributed by atoms with van der Waals surface area (Å²) in [5, 5.41) is 0. The predicted octanol–water partition coefficient (Wildman–Crippen LogP) is 3.26. The van der Waals surface area contributed by atoms with Gasteiger partial charge in [0.2, 0.25) is 0 Å². The molecule has 0 aliphatic carbocycles. The highest BCUT2D eigenvalue weighted by Crippen LogP contribution is 2.19. The fraction of sp³-hybridized carbons (Fsp3) is 0.524. The van der Waals surface area contributed by atoms with Crippen LogP contribution in [0.4, 0.5) is 5.82 Å². The second-order valence-electron chi connectivity index (χ2n) is 7.49. The Labute approximate surface area is 161 Å². The van der Waals surface area contributed by atoms with Crippen LogP contribution >= 0.6 is 0 Å². The van der Waals surface area contributed by atoms with Gasteiger partial charge in [0.25, 0.3) is 5.91 Å².